The fourth-order valence-corrected chi connectivity index (χ4v) is 13.4. The lowest BCUT2D eigenvalue weighted by Gasteiger charge is -2.69. The van der Waals surface area contributed by atoms with Crippen molar-refractivity contribution < 1.29 is 66.4 Å². The summed E-state index contributed by atoms with van der Waals surface area (Å²) in [6.07, 6.45) is 1.62. The van der Waals surface area contributed by atoms with Gasteiger partial charge < -0.3 is 66.4 Å². The molecule has 1 aliphatic heterocycles. The molecule has 1 fully saturated rings. The first-order chi connectivity index (χ1) is 53.3. The third-order valence-corrected chi connectivity index (χ3v) is 17.9. The molecule has 0 amide bonds. The van der Waals surface area contributed by atoms with E-state index in [0.717, 1.165) is 0 Å². The van der Waals surface area contributed by atoms with Gasteiger partial charge in [0.2, 0.25) is 0 Å². The molecule has 0 N–H and O–H groups in total. The Morgan fingerprint density at radius 3 is 0.574 bits per heavy atom. The van der Waals surface area contributed by atoms with Crippen molar-refractivity contribution >= 4 is 0 Å². The highest BCUT2D eigenvalue weighted by atomic mass is 16.9. The molecule has 1 unspecified atom stereocenters. The van der Waals surface area contributed by atoms with Gasteiger partial charge in [-0.05, 0) is 170 Å². The molecule has 108 heavy (non-hydrogen) atoms. The van der Waals surface area contributed by atoms with Gasteiger partial charge in [-0.3, -0.25) is 0 Å². The van der Waals surface area contributed by atoms with E-state index in [2.05, 4.69) is 0 Å². The Hall–Kier alpha value is -14.2. The van der Waals surface area contributed by atoms with Crippen LogP contribution in [0.5, 0.6) is 80.5 Å². The van der Waals surface area contributed by atoms with E-state index < -0.39 is 40.4 Å². The van der Waals surface area contributed by atoms with Crippen LogP contribution in [0.25, 0.3) is 0 Å². The van der Waals surface area contributed by atoms with Crippen LogP contribution < -0.4 is 66.4 Å². The van der Waals surface area contributed by atoms with Crippen LogP contribution in [-0.4, -0.2) is 45.5 Å². The maximum atomic E-state index is 8.85. The highest BCUT2D eigenvalue weighted by molar-refractivity contribution is 5.55. The number of hydroxylamine groups is 2. The van der Waals surface area contributed by atoms with Gasteiger partial charge in [0.25, 0.3) is 0 Å². The van der Waals surface area contributed by atoms with Crippen LogP contribution in [0.1, 0.15) is 0 Å². The maximum absolute atomic E-state index is 8.85. The van der Waals surface area contributed by atoms with Crippen molar-refractivity contribution in [3.05, 3.63) is 436 Å². The van der Waals surface area contributed by atoms with Crippen LogP contribution in [0.15, 0.2) is 436 Å². The van der Waals surface area contributed by atoms with Crippen molar-refractivity contribution in [1.82, 2.24) is 5.06 Å². The molecule has 15 nitrogen and oxygen atoms in total. The molecule has 16 rings (SSSR count). The van der Waals surface area contributed by atoms with Crippen molar-refractivity contribution in [2.75, 3.05) is 0 Å². The number of benzene rings is 14. The van der Waals surface area contributed by atoms with Crippen LogP contribution in [-0.2, 0) is 0 Å². The van der Waals surface area contributed by atoms with Crippen LogP contribution >= 0.6 is 0 Å². The summed E-state index contributed by atoms with van der Waals surface area (Å²) >= 11 is 0. The number of fused-ring (bicyclic) bond motifs is 1. The highest BCUT2D eigenvalue weighted by Crippen LogP contribution is 2.69. The quantitative estimate of drug-likeness (QED) is 0.0431. The van der Waals surface area contributed by atoms with Gasteiger partial charge in [0.1, 0.15) is 80.4 Å². The van der Waals surface area contributed by atoms with Gasteiger partial charge >= 0.3 is 40.4 Å². The molecule has 0 aromatic heterocycles. The predicted molar refractivity (Wildman–Crippen MR) is 408 cm³/mol. The molecule has 14 aromatic rings. The first kappa shape index (κ1) is 68.3. The molecule has 14 aromatic carbocycles. The number of ether oxygens (including phenoxy) is 13. The standard InChI is InChI=1S/C93H71NO14/c1-15-43-72(44-16-1)95-87(96-73-45-17-2-18-46-73)71-86-88(97-74-47-19-3-20-48-74,90(100-77-53-25-6-26-54-77,101-78-55-27-7-28-56-78)89(87,98-75-49-21-4-22-50-75)99-76-51-23-5-24-52-76)91(102-79-57-29-8-30-58-79,103-80-59-31-9-32-60-80)92(104-81-61-33-10-34-62-81,105-82-63-35-11-36-64-82)93(106-83-65-37-12-38-66-83,107-84-67-39-13-40-68-84)94(86)108-85-69-41-14-42-70-85/h1-71H. The molecular weight excluding hydrogens is 1360 g/mol. The number of hydrogen-bond donors (Lipinski definition) is 0. The molecule has 1 heterocycles. The van der Waals surface area contributed by atoms with Gasteiger partial charge in [-0.15, -0.1) is 5.06 Å². The largest absolute Gasteiger partial charge is 0.464 e. The number of para-hydroxylation sites is 14. The molecule has 2 aliphatic rings. The first-order valence-electron chi connectivity index (χ1n) is 35.2. The van der Waals surface area contributed by atoms with E-state index >= 15 is 0 Å². The average Bonchev–Trinajstić information content (AvgIpc) is 0.623. The summed E-state index contributed by atoms with van der Waals surface area (Å²) in [5.74, 6) is -17.4. The Bertz CT molecular complexity index is 4910. The van der Waals surface area contributed by atoms with E-state index in [1.54, 1.807) is 176 Å². The molecule has 0 bridgehead atoms. The molecule has 0 saturated carbocycles. The van der Waals surface area contributed by atoms with E-state index in [4.69, 9.17) is 66.4 Å². The van der Waals surface area contributed by atoms with Crippen molar-refractivity contribution in [3.63, 3.8) is 0 Å². The monoisotopic (exact) mass is 1430 g/mol. The lowest BCUT2D eigenvalue weighted by Crippen LogP contribution is -3.03. The summed E-state index contributed by atoms with van der Waals surface area (Å²) in [6, 6.07) is 126. The minimum Gasteiger partial charge on any atom is -0.464 e. The van der Waals surface area contributed by atoms with Gasteiger partial charge in [-0.25, -0.2) is 0 Å². The average molecular weight is 1430 g/mol. The SMILES string of the molecule is C1=C2N(Oc3ccccc3)C(Oc3ccccc3)(Oc3ccccc3)C(Oc3ccccc3)(Oc3ccccc3)C(Oc3ccccc3)(Oc3ccccc3)C2(Oc2ccccc2)C(Oc2ccccc2)(Oc2ccccc2)C(Oc2ccccc2)(Oc2ccccc2)C1(Oc1ccccc1)Oc1ccccc1. The zero-order valence-electron chi connectivity index (χ0n) is 58.2. The van der Waals surface area contributed by atoms with Crippen LogP contribution in [0, 0.1) is 0 Å². The van der Waals surface area contributed by atoms with Crippen molar-refractivity contribution in [2.24, 2.45) is 0 Å². The Kier molecular flexibility index (Phi) is 19.1. The Morgan fingerprint density at radius 1 is 0.157 bits per heavy atom. The third-order valence-electron chi connectivity index (χ3n) is 17.9. The molecule has 1 aliphatic carbocycles. The zero-order chi connectivity index (χ0) is 72.8. The van der Waals surface area contributed by atoms with Gasteiger partial charge in [0.05, 0.1) is 0 Å². The van der Waals surface area contributed by atoms with Crippen molar-refractivity contribution in [1.29, 1.82) is 0 Å². The maximum Gasteiger partial charge on any atom is 0.460 e. The minimum absolute atomic E-state index is 0.0806. The lowest BCUT2D eigenvalue weighted by molar-refractivity contribution is -0.536. The summed E-state index contributed by atoms with van der Waals surface area (Å²) in [5, 5.41) is 1.36. The molecule has 0 spiro atoms. The highest BCUT2D eigenvalue weighted by Gasteiger charge is 3.04. The summed E-state index contributed by atoms with van der Waals surface area (Å²) in [6.45, 7) is 0. The van der Waals surface area contributed by atoms with E-state index in [0.29, 0.717) is 0 Å². The molecular formula is C93H71NO14. The number of piperidine rings is 1. The Morgan fingerprint density at radius 2 is 0.333 bits per heavy atom. The normalized spacial score (nSPS) is 16.5. The minimum atomic E-state index is -3.34. The molecule has 532 valence electrons. The smallest absolute Gasteiger partial charge is 0.460 e. The predicted octanol–water partition coefficient (Wildman–Crippen LogP) is 20.1. The first-order valence-corrected chi connectivity index (χ1v) is 35.2. The van der Waals surface area contributed by atoms with E-state index in [-0.39, 0.29) is 86.2 Å². The van der Waals surface area contributed by atoms with Gasteiger partial charge in [-0.2, -0.15) is 0 Å². The second-order valence-electron chi connectivity index (χ2n) is 25.0. The summed E-state index contributed by atoms with van der Waals surface area (Å²) < 4.78 is 110. The zero-order valence-corrected chi connectivity index (χ0v) is 58.2. The van der Waals surface area contributed by atoms with Crippen molar-refractivity contribution in [2.45, 2.75) is 40.4 Å². The number of rotatable bonds is 28. The van der Waals surface area contributed by atoms with Gasteiger partial charge in [-0.1, -0.05) is 255 Å². The summed E-state index contributed by atoms with van der Waals surface area (Å²) in [4.78, 5) is 8.12. The topological polar surface area (TPSA) is 132 Å². The van der Waals surface area contributed by atoms with Crippen LogP contribution in [0.2, 0.25) is 0 Å². The Labute approximate surface area is 625 Å². The fourth-order valence-electron chi connectivity index (χ4n) is 13.4. The number of hydrogen-bond acceptors (Lipinski definition) is 15. The molecule has 0 radical (unpaired) electrons. The molecule has 1 atom stereocenters. The molecule has 1 saturated heterocycles. The van der Waals surface area contributed by atoms with Crippen LogP contribution in [0.4, 0.5) is 0 Å². The summed E-state index contributed by atoms with van der Waals surface area (Å²) in [7, 11) is 0. The van der Waals surface area contributed by atoms with E-state index in [1.807, 2.05) is 255 Å². The second-order valence-corrected chi connectivity index (χ2v) is 25.0. The van der Waals surface area contributed by atoms with Gasteiger partial charge in [0, 0.05) is 6.08 Å². The van der Waals surface area contributed by atoms with Gasteiger partial charge in [0.15, 0.2) is 5.75 Å². The second kappa shape index (κ2) is 30.3. The van der Waals surface area contributed by atoms with E-state index in [9.17, 15) is 0 Å². The summed E-state index contributed by atoms with van der Waals surface area (Å²) in [5.41, 5.74) is -3.53. The number of nitrogens with zero attached hydrogens (tertiary/aromatic N) is 1. The van der Waals surface area contributed by atoms with Crippen molar-refractivity contribution in [3.8, 4) is 80.5 Å². The third kappa shape index (κ3) is 13.0. The Balaban J connectivity index is 1.27. The van der Waals surface area contributed by atoms with E-state index in [1.165, 1.54) is 5.06 Å². The lowest BCUT2D eigenvalue weighted by atomic mass is 9.62. The van der Waals surface area contributed by atoms with Crippen LogP contribution in [0.3, 0.4) is 0 Å². The fraction of sp³-hybridized carbons (Fsp3) is 0.0753. The molecule has 15 heteroatoms.